The molecule has 0 bridgehead atoms. The van der Waals surface area contributed by atoms with Gasteiger partial charge in [-0.25, -0.2) is 0 Å². The number of aliphatic hydroxyl groups excluding tert-OH is 1. The normalized spacial score (nSPS) is 34.4. The van der Waals surface area contributed by atoms with Crippen LogP contribution in [0.5, 0.6) is 0 Å². The second-order valence-corrected chi connectivity index (χ2v) is 12.3. The molecule has 3 saturated heterocycles. The van der Waals surface area contributed by atoms with E-state index in [1.807, 2.05) is 46.8 Å². The molecule has 10 atom stereocenters. The number of amides is 2. The van der Waals surface area contributed by atoms with Gasteiger partial charge in [-0.05, 0) is 59.8 Å². The molecule has 1 spiro atoms. The minimum absolute atomic E-state index is 0.0163. The molecule has 43 heavy (non-hydrogen) atoms. The van der Waals surface area contributed by atoms with Crippen molar-refractivity contribution in [1.29, 1.82) is 0 Å². The Hall–Kier alpha value is -2.08. The molecule has 3 N–H and O–H groups in total. The van der Waals surface area contributed by atoms with Crippen molar-refractivity contribution in [3.63, 3.8) is 0 Å². The number of epoxide rings is 1. The fraction of sp³-hybridized carbons (Fsp3) is 0.758. The van der Waals surface area contributed by atoms with E-state index in [1.165, 1.54) is 12.2 Å². The molecule has 1 unspecified atom stereocenters. The summed E-state index contributed by atoms with van der Waals surface area (Å²) in [5.41, 5.74) is 0.585. The van der Waals surface area contributed by atoms with Crippen LogP contribution in [-0.2, 0) is 33.3 Å². The Kier molecular flexibility index (Phi) is 13.9. The maximum absolute atomic E-state index is 12.5. The van der Waals surface area contributed by atoms with E-state index < -0.39 is 24.1 Å². The van der Waals surface area contributed by atoms with E-state index in [2.05, 4.69) is 23.6 Å². The van der Waals surface area contributed by atoms with Gasteiger partial charge in [0.25, 0.3) is 0 Å². The van der Waals surface area contributed by atoms with Crippen LogP contribution in [0.4, 0.5) is 0 Å². The molecular weight excluding hydrogens is 552 g/mol. The van der Waals surface area contributed by atoms with Crippen molar-refractivity contribution in [2.24, 2.45) is 5.92 Å². The summed E-state index contributed by atoms with van der Waals surface area (Å²) in [6, 6.07) is -0.0872. The second kappa shape index (κ2) is 16.8. The van der Waals surface area contributed by atoms with Gasteiger partial charge in [-0.3, -0.25) is 9.59 Å². The van der Waals surface area contributed by atoms with Crippen LogP contribution in [0.25, 0.3) is 0 Å². The molecule has 10 heteroatoms. The van der Waals surface area contributed by atoms with E-state index in [1.54, 1.807) is 6.92 Å². The summed E-state index contributed by atoms with van der Waals surface area (Å²) in [5.74, 6) is 0.0107. The first-order valence-corrected chi connectivity index (χ1v) is 16.0. The van der Waals surface area contributed by atoms with Crippen LogP contribution >= 0.6 is 0 Å². The van der Waals surface area contributed by atoms with E-state index in [0.717, 1.165) is 24.8 Å². The molecular formula is C33H54N2O8. The summed E-state index contributed by atoms with van der Waals surface area (Å²) in [6.45, 7) is 15.4. The van der Waals surface area contributed by atoms with E-state index in [-0.39, 0.29) is 54.6 Å². The number of carbonyl (C=O) groups excluding carboxylic acids is 2. The monoisotopic (exact) mass is 606 g/mol. The van der Waals surface area contributed by atoms with Crippen LogP contribution in [0.2, 0.25) is 0 Å². The summed E-state index contributed by atoms with van der Waals surface area (Å²) < 4.78 is 30.7. The number of carbonyl (C=O) groups is 2. The van der Waals surface area contributed by atoms with Gasteiger partial charge in [-0.1, -0.05) is 43.7 Å². The molecule has 3 aliphatic heterocycles. The van der Waals surface area contributed by atoms with Crippen molar-refractivity contribution >= 4 is 11.8 Å². The average Bonchev–Trinajstić information content (AvgIpc) is 3.71. The molecule has 2 amide bonds. The topological polar surface area (TPSA) is 128 Å². The lowest BCUT2D eigenvalue weighted by Crippen LogP contribution is -2.53. The van der Waals surface area contributed by atoms with Crippen LogP contribution in [0.3, 0.4) is 0 Å². The second-order valence-electron chi connectivity index (χ2n) is 12.3. The zero-order chi connectivity index (χ0) is 31.6. The predicted molar refractivity (Wildman–Crippen MR) is 164 cm³/mol. The SMILES string of the molecule is CCCNC(=O)C[C@@H]1C[C@@]2(CO2)[C@H](OC(C)OCC)[C@@H](/C=C/C(C)=C/C[C@@H]2O[C@H](C)[C@H](NC(=O)/C=C\[C@H](C)O)C[C@@H]2C)O1. The fourth-order valence-corrected chi connectivity index (χ4v) is 5.80. The molecule has 0 radical (unpaired) electrons. The first kappa shape index (κ1) is 35.4. The van der Waals surface area contributed by atoms with E-state index in [9.17, 15) is 14.7 Å². The summed E-state index contributed by atoms with van der Waals surface area (Å²) in [6.07, 6.45) is 10.2. The standard InChI is InChI=1S/C33H54N2O8/c1-8-16-34-31(38)18-26-19-33(20-40-33)32(42-25(7)39-9-2)29(43-26)14-11-21(3)10-13-28-22(4)17-27(24(6)41-28)35-30(37)15-12-23(5)36/h10-12,14-15,22-29,32,36H,8-9,13,16-20H2,1-7H3,(H,34,38)(H,35,37)/b14-11+,15-12-,21-10+/t22-,23-,24+,25?,26+,27+,28-,29+,32+,33+/m0/s1. The average molecular weight is 607 g/mol. The number of nitrogens with one attached hydrogen (secondary N) is 2. The highest BCUT2D eigenvalue weighted by atomic mass is 16.7. The molecule has 0 saturated carbocycles. The summed E-state index contributed by atoms with van der Waals surface area (Å²) in [5, 5.41) is 15.3. The van der Waals surface area contributed by atoms with E-state index in [4.69, 9.17) is 23.7 Å². The zero-order valence-corrected chi connectivity index (χ0v) is 27.0. The molecule has 3 heterocycles. The van der Waals surface area contributed by atoms with Gasteiger partial charge in [-0.15, -0.1) is 0 Å². The Morgan fingerprint density at radius 1 is 1.16 bits per heavy atom. The third-order valence-corrected chi connectivity index (χ3v) is 8.27. The van der Waals surface area contributed by atoms with Gasteiger partial charge in [0.2, 0.25) is 11.8 Å². The van der Waals surface area contributed by atoms with Gasteiger partial charge in [0.15, 0.2) is 6.29 Å². The van der Waals surface area contributed by atoms with Crippen LogP contribution < -0.4 is 10.6 Å². The van der Waals surface area contributed by atoms with Crippen LogP contribution in [0, 0.1) is 5.92 Å². The maximum atomic E-state index is 12.5. The quantitative estimate of drug-likeness (QED) is 0.111. The van der Waals surface area contributed by atoms with Crippen molar-refractivity contribution in [2.75, 3.05) is 19.8 Å². The number of allylic oxidation sites excluding steroid dienone is 2. The third kappa shape index (κ3) is 11.1. The lowest BCUT2D eigenvalue weighted by molar-refractivity contribution is -0.226. The summed E-state index contributed by atoms with van der Waals surface area (Å²) >= 11 is 0. The highest BCUT2D eigenvalue weighted by molar-refractivity contribution is 5.87. The van der Waals surface area contributed by atoms with Crippen molar-refractivity contribution in [1.82, 2.24) is 10.6 Å². The van der Waals surface area contributed by atoms with Crippen molar-refractivity contribution < 1.29 is 38.4 Å². The van der Waals surface area contributed by atoms with Gasteiger partial charge >= 0.3 is 0 Å². The Bertz CT molecular complexity index is 991. The number of aliphatic hydroxyl groups is 1. The summed E-state index contributed by atoms with van der Waals surface area (Å²) in [7, 11) is 0. The molecule has 0 aromatic heterocycles. The predicted octanol–water partition coefficient (Wildman–Crippen LogP) is 3.72. The lowest BCUT2D eigenvalue weighted by Gasteiger charge is -2.40. The van der Waals surface area contributed by atoms with Crippen molar-refractivity contribution in [3.05, 3.63) is 36.0 Å². The summed E-state index contributed by atoms with van der Waals surface area (Å²) in [4.78, 5) is 24.7. The van der Waals surface area contributed by atoms with Crippen LogP contribution in [-0.4, -0.2) is 91.2 Å². The first-order chi connectivity index (χ1) is 20.5. The largest absolute Gasteiger partial charge is 0.389 e. The minimum Gasteiger partial charge on any atom is -0.389 e. The van der Waals surface area contributed by atoms with Crippen LogP contribution in [0.1, 0.15) is 80.6 Å². The van der Waals surface area contributed by atoms with E-state index in [0.29, 0.717) is 26.2 Å². The van der Waals surface area contributed by atoms with E-state index >= 15 is 0 Å². The Morgan fingerprint density at radius 2 is 1.91 bits per heavy atom. The molecule has 0 aromatic rings. The number of rotatable bonds is 15. The van der Waals surface area contributed by atoms with Crippen LogP contribution in [0.15, 0.2) is 36.0 Å². The van der Waals surface area contributed by atoms with Gasteiger partial charge in [0.05, 0.1) is 43.5 Å². The van der Waals surface area contributed by atoms with Crippen molar-refractivity contribution in [3.8, 4) is 0 Å². The molecule has 10 nitrogen and oxygen atoms in total. The zero-order valence-electron chi connectivity index (χ0n) is 27.0. The molecule has 3 rings (SSSR count). The van der Waals surface area contributed by atoms with Gasteiger partial charge < -0.3 is 39.4 Å². The Balaban J connectivity index is 1.63. The minimum atomic E-state index is -0.665. The molecule has 3 aliphatic rings. The fourth-order valence-electron chi connectivity index (χ4n) is 5.80. The highest BCUT2D eigenvalue weighted by Gasteiger charge is 2.60. The molecule has 3 fully saturated rings. The number of hydrogen-bond acceptors (Lipinski definition) is 8. The Morgan fingerprint density at radius 3 is 2.56 bits per heavy atom. The lowest BCUT2D eigenvalue weighted by atomic mass is 9.87. The third-order valence-electron chi connectivity index (χ3n) is 8.27. The maximum Gasteiger partial charge on any atom is 0.244 e. The molecule has 0 aromatic carbocycles. The van der Waals surface area contributed by atoms with Gasteiger partial charge in [-0.2, -0.15) is 0 Å². The Labute approximate surface area is 257 Å². The van der Waals surface area contributed by atoms with Gasteiger partial charge in [0.1, 0.15) is 17.8 Å². The smallest absolute Gasteiger partial charge is 0.244 e. The van der Waals surface area contributed by atoms with Crippen molar-refractivity contribution in [2.45, 2.75) is 135 Å². The number of hydrogen-bond donors (Lipinski definition) is 3. The first-order valence-electron chi connectivity index (χ1n) is 16.0. The molecule has 0 aliphatic carbocycles. The number of ether oxygens (including phenoxy) is 5. The molecule has 244 valence electrons. The highest BCUT2D eigenvalue weighted by Crippen LogP contribution is 2.45. The van der Waals surface area contributed by atoms with Gasteiger partial charge in [0, 0.05) is 25.6 Å².